The lowest BCUT2D eigenvalue weighted by atomic mass is 9.99. The molecule has 2 atom stereocenters. The van der Waals surface area contributed by atoms with E-state index in [4.69, 9.17) is 10.5 Å². The fourth-order valence-electron chi connectivity index (χ4n) is 3.60. The lowest BCUT2D eigenvalue weighted by Crippen LogP contribution is -2.41. The number of carbonyl (C=O) groups excluding carboxylic acids is 1. The molecule has 1 saturated carbocycles. The average molecular weight is 317 g/mol. The molecule has 1 aromatic heterocycles. The van der Waals surface area contributed by atoms with Gasteiger partial charge in [-0.15, -0.1) is 0 Å². The summed E-state index contributed by atoms with van der Waals surface area (Å²) in [7, 11) is 0. The normalized spacial score (nSPS) is 28.2. The second-order valence-corrected chi connectivity index (χ2v) is 6.74. The summed E-state index contributed by atoms with van der Waals surface area (Å²) < 4.78 is 5.29. The number of hydrogen-bond acceptors (Lipinski definition) is 6. The second-order valence-electron chi connectivity index (χ2n) is 6.74. The molecule has 3 heterocycles. The number of carbonyl (C=O) groups is 1. The molecule has 4 rings (SSSR count). The van der Waals surface area contributed by atoms with E-state index in [0.717, 1.165) is 24.8 Å². The number of anilines is 1. The Kier molecular flexibility index (Phi) is 3.90. The first-order valence-electron chi connectivity index (χ1n) is 8.42. The van der Waals surface area contributed by atoms with Gasteiger partial charge in [-0.2, -0.15) is 0 Å². The van der Waals surface area contributed by atoms with Crippen molar-refractivity contribution in [1.29, 1.82) is 0 Å². The molecule has 0 bridgehead atoms. The summed E-state index contributed by atoms with van der Waals surface area (Å²) in [5, 5.41) is 0. The lowest BCUT2D eigenvalue weighted by Gasteiger charge is -2.26. The van der Waals surface area contributed by atoms with E-state index in [9.17, 15) is 4.79 Å². The fourth-order valence-corrected chi connectivity index (χ4v) is 3.60. The second kappa shape index (κ2) is 6.05. The molecule has 1 aromatic rings. The Morgan fingerprint density at radius 1 is 1.22 bits per heavy atom. The minimum atomic E-state index is -0.0649. The van der Waals surface area contributed by atoms with Gasteiger partial charge >= 0.3 is 0 Å². The number of nitrogens with two attached hydrogens (primary N) is 1. The van der Waals surface area contributed by atoms with Gasteiger partial charge < -0.3 is 20.3 Å². The highest BCUT2D eigenvalue weighted by molar-refractivity contribution is 5.92. The summed E-state index contributed by atoms with van der Waals surface area (Å²) in [5.41, 5.74) is 6.69. The van der Waals surface area contributed by atoms with Crippen LogP contribution in [0.3, 0.4) is 0 Å². The highest BCUT2D eigenvalue weighted by Crippen LogP contribution is 2.41. The third-order valence-electron chi connectivity index (χ3n) is 5.10. The van der Waals surface area contributed by atoms with Crippen molar-refractivity contribution in [2.45, 2.75) is 18.9 Å². The van der Waals surface area contributed by atoms with Crippen molar-refractivity contribution in [3.63, 3.8) is 0 Å². The van der Waals surface area contributed by atoms with Gasteiger partial charge in [-0.05, 0) is 24.7 Å². The molecule has 2 N–H and O–H groups in total. The van der Waals surface area contributed by atoms with Crippen LogP contribution in [0.25, 0.3) is 0 Å². The minimum absolute atomic E-state index is 0.0649. The van der Waals surface area contributed by atoms with Gasteiger partial charge in [0.15, 0.2) is 0 Å². The Balaban J connectivity index is 1.48. The van der Waals surface area contributed by atoms with E-state index in [1.54, 1.807) is 17.3 Å². The van der Waals surface area contributed by atoms with Gasteiger partial charge in [-0.25, -0.2) is 4.98 Å². The maximum absolute atomic E-state index is 12.5. The van der Waals surface area contributed by atoms with E-state index in [1.165, 1.54) is 12.8 Å². The maximum atomic E-state index is 12.5. The lowest BCUT2D eigenvalue weighted by molar-refractivity contribution is 0.0299. The molecule has 124 valence electrons. The molecular weight excluding hydrogens is 294 g/mol. The topological polar surface area (TPSA) is 84.6 Å². The molecule has 23 heavy (non-hydrogen) atoms. The van der Waals surface area contributed by atoms with Crippen molar-refractivity contribution < 1.29 is 9.53 Å². The standard InChI is InChI=1S/C16H23N5O2/c17-13-10-21(9-12(13)11-1-2-11)15-8-18-7-14(19-15)16(22)20-3-5-23-6-4-20/h7-8,11-13H,1-6,9-10,17H2/t12-,13+/m0/s1. The molecule has 2 saturated heterocycles. The predicted molar refractivity (Wildman–Crippen MR) is 85.2 cm³/mol. The summed E-state index contributed by atoms with van der Waals surface area (Å²) in [6.07, 6.45) is 5.88. The van der Waals surface area contributed by atoms with Gasteiger partial charge in [0.05, 0.1) is 25.6 Å². The van der Waals surface area contributed by atoms with Gasteiger partial charge in [-0.1, -0.05) is 0 Å². The Hall–Kier alpha value is -1.73. The molecule has 2 aliphatic heterocycles. The number of morpholine rings is 1. The Bertz CT molecular complexity index is 586. The first kappa shape index (κ1) is 14.8. The van der Waals surface area contributed by atoms with Crippen molar-refractivity contribution in [1.82, 2.24) is 14.9 Å². The van der Waals surface area contributed by atoms with Gasteiger partial charge in [0.25, 0.3) is 5.91 Å². The summed E-state index contributed by atoms with van der Waals surface area (Å²) in [6.45, 7) is 4.12. The average Bonchev–Trinajstić information content (AvgIpc) is 3.37. The molecular formula is C16H23N5O2. The zero-order valence-electron chi connectivity index (χ0n) is 13.2. The summed E-state index contributed by atoms with van der Waals surface area (Å²) >= 11 is 0. The Labute approximate surface area is 135 Å². The smallest absolute Gasteiger partial charge is 0.274 e. The molecule has 1 amide bonds. The van der Waals surface area contributed by atoms with Crippen LogP contribution in [0.2, 0.25) is 0 Å². The molecule has 0 aromatic carbocycles. The van der Waals surface area contributed by atoms with Crippen molar-refractivity contribution in [2.75, 3.05) is 44.3 Å². The zero-order valence-corrected chi connectivity index (χ0v) is 13.2. The van der Waals surface area contributed by atoms with Crippen LogP contribution < -0.4 is 10.6 Å². The van der Waals surface area contributed by atoms with Crippen LogP contribution in [0.1, 0.15) is 23.3 Å². The molecule has 0 unspecified atom stereocenters. The highest BCUT2D eigenvalue weighted by atomic mass is 16.5. The van der Waals surface area contributed by atoms with Gasteiger partial charge in [0.2, 0.25) is 0 Å². The van der Waals surface area contributed by atoms with Crippen LogP contribution in [0.5, 0.6) is 0 Å². The molecule has 1 aliphatic carbocycles. The number of rotatable bonds is 3. The quantitative estimate of drug-likeness (QED) is 0.852. The van der Waals surface area contributed by atoms with Crippen LogP contribution in [0.15, 0.2) is 12.4 Å². The molecule has 7 heteroatoms. The number of nitrogens with zero attached hydrogens (tertiary/aromatic N) is 4. The summed E-state index contributed by atoms with van der Waals surface area (Å²) in [5.74, 6) is 2.03. The number of ether oxygens (including phenoxy) is 1. The minimum Gasteiger partial charge on any atom is -0.378 e. The van der Waals surface area contributed by atoms with E-state index >= 15 is 0 Å². The first-order valence-corrected chi connectivity index (χ1v) is 8.42. The third-order valence-corrected chi connectivity index (χ3v) is 5.10. The van der Waals surface area contributed by atoms with Gasteiger partial charge in [0, 0.05) is 32.2 Å². The van der Waals surface area contributed by atoms with E-state index in [0.29, 0.717) is 37.9 Å². The highest BCUT2D eigenvalue weighted by Gasteiger charge is 2.41. The van der Waals surface area contributed by atoms with Crippen LogP contribution in [-0.4, -0.2) is 66.2 Å². The first-order chi connectivity index (χ1) is 11.2. The number of amides is 1. The third kappa shape index (κ3) is 3.03. The van der Waals surface area contributed by atoms with Gasteiger partial charge in [-0.3, -0.25) is 9.78 Å². The summed E-state index contributed by atoms with van der Waals surface area (Å²) in [4.78, 5) is 25.3. The fraction of sp³-hybridized carbons (Fsp3) is 0.688. The molecule has 3 fully saturated rings. The van der Waals surface area contributed by atoms with Crippen molar-refractivity contribution >= 4 is 11.7 Å². The van der Waals surface area contributed by atoms with E-state index in [-0.39, 0.29) is 11.9 Å². The zero-order chi connectivity index (χ0) is 15.8. The number of hydrogen-bond donors (Lipinski definition) is 1. The van der Waals surface area contributed by atoms with Crippen LogP contribution in [-0.2, 0) is 4.74 Å². The maximum Gasteiger partial charge on any atom is 0.274 e. The Morgan fingerprint density at radius 2 is 2.00 bits per heavy atom. The predicted octanol–water partition coefficient (Wildman–Crippen LogP) is 0.123. The molecule has 3 aliphatic rings. The van der Waals surface area contributed by atoms with Crippen molar-refractivity contribution in [2.24, 2.45) is 17.6 Å². The number of aromatic nitrogens is 2. The Morgan fingerprint density at radius 3 is 2.74 bits per heavy atom. The van der Waals surface area contributed by atoms with Crippen molar-refractivity contribution in [3.8, 4) is 0 Å². The molecule has 0 spiro atoms. The van der Waals surface area contributed by atoms with E-state index in [1.807, 2.05) is 0 Å². The monoisotopic (exact) mass is 317 g/mol. The largest absolute Gasteiger partial charge is 0.378 e. The van der Waals surface area contributed by atoms with Crippen LogP contribution in [0, 0.1) is 11.8 Å². The van der Waals surface area contributed by atoms with E-state index in [2.05, 4.69) is 14.9 Å². The van der Waals surface area contributed by atoms with E-state index < -0.39 is 0 Å². The molecule has 7 nitrogen and oxygen atoms in total. The van der Waals surface area contributed by atoms with Crippen LogP contribution in [0.4, 0.5) is 5.82 Å². The summed E-state index contributed by atoms with van der Waals surface area (Å²) in [6, 6.07) is 0.197. The van der Waals surface area contributed by atoms with Crippen molar-refractivity contribution in [3.05, 3.63) is 18.1 Å². The van der Waals surface area contributed by atoms with Crippen LogP contribution >= 0.6 is 0 Å². The SMILES string of the molecule is N[C@@H]1CN(c2cncc(C(=O)N3CCOCC3)n2)C[C@H]1C1CC1. The van der Waals surface area contributed by atoms with Gasteiger partial charge in [0.1, 0.15) is 11.5 Å². The molecule has 0 radical (unpaired) electrons.